The lowest BCUT2D eigenvalue weighted by Gasteiger charge is -2.32. The number of carbonyl (C=O) groups excluding carboxylic acids is 1. The van der Waals surface area contributed by atoms with Gasteiger partial charge in [-0.1, -0.05) is 0 Å². The number of sulfonamides is 1. The molecule has 21 heavy (non-hydrogen) atoms. The molecule has 1 N–H and O–H groups in total. The Morgan fingerprint density at radius 3 is 2.33 bits per heavy atom. The number of nitrogens with zero attached hydrogens (tertiary/aromatic N) is 2. The van der Waals surface area contributed by atoms with E-state index in [-0.39, 0.29) is 30.0 Å². The van der Waals surface area contributed by atoms with Gasteiger partial charge in [0, 0.05) is 32.2 Å². The summed E-state index contributed by atoms with van der Waals surface area (Å²) in [5.74, 6) is -0.0594. The van der Waals surface area contributed by atoms with Gasteiger partial charge < -0.3 is 5.32 Å². The van der Waals surface area contributed by atoms with Gasteiger partial charge in [-0.25, -0.2) is 16.8 Å². The van der Waals surface area contributed by atoms with Gasteiger partial charge in [0.15, 0.2) is 9.84 Å². The quantitative estimate of drug-likeness (QED) is 0.627. The first-order valence-electron chi connectivity index (χ1n) is 6.83. The lowest BCUT2D eigenvalue weighted by atomic mass is 10.2. The minimum absolute atomic E-state index is 0.0145. The Morgan fingerprint density at radius 1 is 1.24 bits per heavy atom. The van der Waals surface area contributed by atoms with E-state index >= 15 is 0 Å². The molecule has 1 amide bonds. The van der Waals surface area contributed by atoms with Gasteiger partial charge >= 0.3 is 0 Å². The summed E-state index contributed by atoms with van der Waals surface area (Å²) in [7, 11) is -6.17. The molecule has 1 unspecified atom stereocenters. The molecule has 1 atom stereocenters. The van der Waals surface area contributed by atoms with Crippen molar-refractivity contribution in [3.8, 4) is 0 Å². The highest BCUT2D eigenvalue weighted by Gasteiger charge is 2.30. The maximum atomic E-state index is 11.9. The van der Waals surface area contributed by atoms with Crippen molar-refractivity contribution in [3.05, 3.63) is 0 Å². The van der Waals surface area contributed by atoms with E-state index in [1.165, 1.54) is 10.6 Å². The summed E-state index contributed by atoms with van der Waals surface area (Å²) < 4.78 is 46.8. The van der Waals surface area contributed by atoms with E-state index in [1.54, 1.807) is 0 Å². The Balaban J connectivity index is 1.75. The minimum atomic E-state index is -3.17. The molecule has 2 aliphatic heterocycles. The molecule has 2 heterocycles. The second-order valence-electron chi connectivity index (χ2n) is 5.61. The van der Waals surface area contributed by atoms with Gasteiger partial charge in [0.1, 0.15) is 0 Å². The summed E-state index contributed by atoms with van der Waals surface area (Å²) in [5, 5.41) is 2.73. The fourth-order valence-electron chi connectivity index (χ4n) is 2.60. The molecule has 0 radical (unpaired) electrons. The summed E-state index contributed by atoms with van der Waals surface area (Å²) >= 11 is 0. The van der Waals surface area contributed by atoms with Crippen molar-refractivity contribution in [3.63, 3.8) is 0 Å². The number of hydrogen-bond donors (Lipinski definition) is 1. The first-order chi connectivity index (χ1) is 9.66. The Labute approximate surface area is 125 Å². The van der Waals surface area contributed by atoms with Crippen LogP contribution in [0.15, 0.2) is 0 Å². The van der Waals surface area contributed by atoms with Gasteiger partial charge in [-0.05, 0) is 6.42 Å². The third-order valence-corrected chi connectivity index (χ3v) is 6.84. The molecule has 2 saturated heterocycles. The molecule has 8 nitrogen and oxygen atoms in total. The number of amides is 1. The first kappa shape index (κ1) is 16.7. The Bertz CT molecular complexity index is 593. The summed E-state index contributed by atoms with van der Waals surface area (Å²) in [6, 6.07) is -0.292. The lowest BCUT2D eigenvalue weighted by Crippen LogP contribution is -2.51. The minimum Gasteiger partial charge on any atom is -0.351 e. The van der Waals surface area contributed by atoms with Gasteiger partial charge in [0.2, 0.25) is 15.9 Å². The predicted octanol–water partition coefficient (Wildman–Crippen LogP) is -2.13. The topological polar surface area (TPSA) is 104 Å². The summed E-state index contributed by atoms with van der Waals surface area (Å²) in [6.45, 7) is 1.94. The van der Waals surface area contributed by atoms with E-state index < -0.39 is 19.9 Å². The largest absolute Gasteiger partial charge is 0.351 e. The van der Waals surface area contributed by atoms with Crippen LogP contribution in [0.5, 0.6) is 0 Å². The Hall–Kier alpha value is -0.710. The van der Waals surface area contributed by atoms with Crippen LogP contribution in [0.2, 0.25) is 0 Å². The molecule has 0 bridgehead atoms. The van der Waals surface area contributed by atoms with Crippen LogP contribution in [0.3, 0.4) is 0 Å². The summed E-state index contributed by atoms with van der Waals surface area (Å²) in [6.07, 6.45) is 1.64. The fraction of sp³-hybridized carbons (Fsp3) is 0.909. The third-order valence-electron chi connectivity index (χ3n) is 3.77. The SMILES string of the molecule is CS(=O)(=O)N1CCN(CC(=O)NC2CCS(=O)(=O)C2)CC1. The van der Waals surface area contributed by atoms with Crippen molar-refractivity contribution in [2.75, 3.05) is 50.5 Å². The highest BCUT2D eigenvalue weighted by molar-refractivity contribution is 7.91. The number of piperazine rings is 1. The van der Waals surface area contributed by atoms with Crippen molar-refractivity contribution < 1.29 is 21.6 Å². The average Bonchev–Trinajstić information content (AvgIpc) is 2.68. The van der Waals surface area contributed by atoms with Crippen LogP contribution in [-0.4, -0.2) is 88.5 Å². The predicted molar refractivity (Wildman–Crippen MR) is 78.1 cm³/mol. The summed E-state index contributed by atoms with van der Waals surface area (Å²) in [5.41, 5.74) is 0. The van der Waals surface area contributed by atoms with Crippen LogP contribution < -0.4 is 5.32 Å². The zero-order valence-electron chi connectivity index (χ0n) is 12.0. The van der Waals surface area contributed by atoms with Crippen LogP contribution >= 0.6 is 0 Å². The second-order valence-corrected chi connectivity index (χ2v) is 9.82. The fourth-order valence-corrected chi connectivity index (χ4v) is 5.10. The van der Waals surface area contributed by atoms with E-state index in [2.05, 4.69) is 5.32 Å². The van der Waals surface area contributed by atoms with Gasteiger partial charge in [0.25, 0.3) is 0 Å². The highest BCUT2D eigenvalue weighted by atomic mass is 32.2. The molecular formula is C11H21N3O5S2. The van der Waals surface area contributed by atoms with Crippen LogP contribution in [0.25, 0.3) is 0 Å². The molecule has 122 valence electrons. The molecule has 2 rings (SSSR count). The van der Waals surface area contributed by atoms with Crippen molar-refractivity contribution in [2.45, 2.75) is 12.5 Å². The number of carbonyl (C=O) groups is 1. The van der Waals surface area contributed by atoms with E-state index in [0.29, 0.717) is 32.6 Å². The molecule has 0 aromatic carbocycles. The molecule has 0 saturated carbocycles. The highest BCUT2D eigenvalue weighted by Crippen LogP contribution is 2.11. The smallest absolute Gasteiger partial charge is 0.234 e. The monoisotopic (exact) mass is 339 g/mol. The van der Waals surface area contributed by atoms with E-state index in [9.17, 15) is 21.6 Å². The van der Waals surface area contributed by atoms with Crippen molar-refractivity contribution in [1.82, 2.24) is 14.5 Å². The Kier molecular flexibility index (Phi) is 4.91. The maximum absolute atomic E-state index is 11.9. The maximum Gasteiger partial charge on any atom is 0.234 e. The first-order valence-corrected chi connectivity index (χ1v) is 10.5. The standard InChI is InChI=1S/C11H21N3O5S2/c1-20(16,17)14-5-3-13(4-6-14)8-11(15)12-10-2-7-21(18,19)9-10/h10H,2-9H2,1H3,(H,12,15). The van der Waals surface area contributed by atoms with Crippen LogP contribution in [0.1, 0.15) is 6.42 Å². The number of sulfone groups is 1. The van der Waals surface area contributed by atoms with Gasteiger partial charge in [-0.3, -0.25) is 9.69 Å². The van der Waals surface area contributed by atoms with Gasteiger partial charge in [-0.15, -0.1) is 0 Å². The molecule has 0 aromatic rings. The van der Waals surface area contributed by atoms with E-state index in [0.717, 1.165) is 0 Å². The molecule has 10 heteroatoms. The molecule has 0 aromatic heterocycles. The zero-order chi connectivity index (χ0) is 15.7. The average molecular weight is 339 g/mol. The molecule has 2 aliphatic rings. The molecular weight excluding hydrogens is 318 g/mol. The van der Waals surface area contributed by atoms with E-state index in [1.807, 2.05) is 4.90 Å². The van der Waals surface area contributed by atoms with Crippen LogP contribution in [0.4, 0.5) is 0 Å². The number of rotatable bonds is 4. The van der Waals surface area contributed by atoms with Crippen LogP contribution in [-0.2, 0) is 24.7 Å². The van der Waals surface area contributed by atoms with Crippen LogP contribution in [0, 0.1) is 0 Å². The van der Waals surface area contributed by atoms with Gasteiger partial charge in [0.05, 0.1) is 24.3 Å². The Morgan fingerprint density at radius 2 is 1.86 bits per heavy atom. The normalized spacial score (nSPS) is 27.6. The van der Waals surface area contributed by atoms with Crippen molar-refractivity contribution in [2.24, 2.45) is 0 Å². The summed E-state index contributed by atoms with van der Waals surface area (Å²) in [4.78, 5) is 13.8. The molecule has 2 fully saturated rings. The van der Waals surface area contributed by atoms with E-state index in [4.69, 9.17) is 0 Å². The number of nitrogens with one attached hydrogen (secondary N) is 1. The third kappa shape index (κ3) is 4.90. The van der Waals surface area contributed by atoms with Crippen molar-refractivity contribution in [1.29, 1.82) is 0 Å². The molecule has 0 aliphatic carbocycles. The molecule has 0 spiro atoms. The second kappa shape index (κ2) is 6.19. The number of hydrogen-bond acceptors (Lipinski definition) is 6. The van der Waals surface area contributed by atoms with Crippen molar-refractivity contribution >= 4 is 25.8 Å². The van der Waals surface area contributed by atoms with Gasteiger partial charge in [-0.2, -0.15) is 4.31 Å². The zero-order valence-corrected chi connectivity index (χ0v) is 13.6. The lowest BCUT2D eigenvalue weighted by molar-refractivity contribution is -0.123.